The van der Waals surface area contributed by atoms with Crippen molar-refractivity contribution >= 4 is 17.9 Å². The molecule has 0 aromatic heterocycles. The monoisotopic (exact) mass is 829 g/mol. The largest absolute Gasteiger partial charge is 0.477 e. The summed E-state index contributed by atoms with van der Waals surface area (Å²) in [7, 11) is 5.52. The number of carboxylic acid groups (broad SMARTS) is 1. The first-order chi connectivity index (χ1) is 28.6. The molecule has 0 radical (unpaired) electrons. The van der Waals surface area contributed by atoms with Crippen LogP contribution < -0.4 is 0 Å². The molecule has 8 nitrogen and oxygen atoms in total. The third-order valence-corrected chi connectivity index (χ3v) is 10.4. The maximum atomic E-state index is 12.8. The number of carbonyl (C=O) groups excluding carboxylic acids is 2. The SMILES string of the molecule is CC/C=C/C/C=C/C/C=C/CCCCCCCCCCCC(=O)OC(COCCC(C(=O)O)[N+](C)(C)C)COC(=O)CCCCC/C=C/C=C/CCCCCCCCC. The molecule has 0 aliphatic rings. The fourth-order valence-electron chi connectivity index (χ4n) is 6.74. The first-order valence-electron chi connectivity index (χ1n) is 23.8. The molecule has 0 rings (SSSR count). The first-order valence-corrected chi connectivity index (χ1v) is 23.8. The highest BCUT2D eigenvalue weighted by molar-refractivity contribution is 5.72. The van der Waals surface area contributed by atoms with Gasteiger partial charge in [-0.1, -0.05) is 164 Å². The summed E-state index contributed by atoms with van der Waals surface area (Å²) in [6, 6.07) is -0.621. The maximum absolute atomic E-state index is 12.8. The van der Waals surface area contributed by atoms with Gasteiger partial charge in [0.25, 0.3) is 0 Å². The number of rotatable bonds is 42. The lowest BCUT2D eigenvalue weighted by Crippen LogP contribution is -2.50. The normalized spacial score (nSPS) is 13.4. The molecule has 0 bridgehead atoms. The second-order valence-corrected chi connectivity index (χ2v) is 17.0. The van der Waals surface area contributed by atoms with Crippen LogP contribution in [0.2, 0.25) is 0 Å². The van der Waals surface area contributed by atoms with Gasteiger partial charge in [-0.3, -0.25) is 9.59 Å². The van der Waals surface area contributed by atoms with Gasteiger partial charge in [0.15, 0.2) is 12.1 Å². The minimum atomic E-state index is -0.881. The molecule has 0 saturated carbocycles. The summed E-state index contributed by atoms with van der Waals surface area (Å²) < 4.78 is 17.3. The molecule has 0 aromatic carbocycles. The first kappa shape index (κ1) is 56.0. The Morgan fingerprint density at radius 3 is 1.53 bits per heavy atom. The number of quaternary nitrogens is 1. The molecule has 1 N–H and O–H groups in total. The molecule has 340 valence electrons. The number of hydrogen-bond acceptors (Lipinski definition) is 6. The smallest absolute Gasteiger partial charge is 0.362 e. The van der Waals surface area contributed by atoms with Gasteiger partial charge in [-0.2, -0.15) is 0 Å². The summed E-state index contributed by atoms with van der Waals surface area (Å²) in [5, 5.41) is 9.63. The van der Waals surface area contributed by atoms with Crippen LogP contribution in [0.15, 0.2) is 60.8 Å². The third kappa shape index (κ3) is 40.2. The van der Waals surface area contributed by atoms with E-state index in [2.05, 4.69) is 74.6 Å². The minimum absolute atomic E-state index is 0.0488. The average molecular weight is 829 g/mol. The second kappa shape index (κ2) is 41.8. The van der Waals surface area contributed by atoms with Crippen molar-refractivity contribution in [3.8, 4) is 0 Å². The summed E-state index contributed by atoms with van der Waals surface area (Å²) in [5.41, 5.74) is 0. The molecule has 2 unspecified atom stereocenters. The van der Waals surface area contributed by atoms with Crippen molar-refractivity contribution in [3.63, 3.8) is 0 Å². The Kier molecular flexibility index (Phi) is 39.6. The van der Waals surface area contributed by atoms with E-state index in [9.17, 15) is 19.5 Å². The summed E-state index contributed by atoms with van der Waals surface area (Å²) >= 11 is 0. The van der Waals surface area contributed by atoms with E-state index in [0.29, 0.717) is 19.3 Å². The van der Waals surface area contributed by atoms with Crippen LogP contribution in [0.3, 0.4) is 0 Å². The van der Waals surface area contributed by atoms with Gasteiger partial charge in [0.1, 0.15) is 6.61 Å². The second-order valence-electron chi connectivity index (χ2n) is 17.0. The fraction of sp³-hybridized carbons (Fsp3) is 0.745. The van der Waals surface area contributed by atoms with Crippen LogP contribution in [-0.4, -0.2) is 80.6 Å². The van der Waals surface area contributed by atoms with Crippen molar-refractivity contribution in [2.45, 2.75) is 206 Å². The van der Waals surface area contributed by atoms with Crippen molar-refractivity contribution < 1.29 is 38.2 Å². The molecule has 0 saturated heterocycles. The molecule has 0 aliphatic carbocycles. The Bertz CT molecular complexity index is 1150. The van der Waals surface area contributed by atoms with Crippen molar-refractivity contribution in [1.29, 1.82) is 0 Å². The number of esters is 2. The summed E-state index contributed by atoms with van der Waals surface area (Å²) in [5.74, 6) is -1.51. The number of carboxylic acids is 1. The van der Waals surface area contributed by atoms with Crippen LogP contribution in [-0.2, 0) is 28.6 Å². The topological polar surface area (TPSA) is 99.1 Å². The summed E-state index contributed by atoms with van der Waals surface area (Å²) in [6.07, 6.45) is 51.2. The quantitative estimate of drug-likeness (QED) is 0.0215. The Morgan fingerprint density at radius 2 is 1.00 bits per heavy atom. The van der Waals surface area contributed by atoms with Gasteiger partial charge in [-0.15, -0.1) is 0 Å². The van der Waals surface area contributed by atoms with E-state index in [1.807, 2.05) is 21.1 Å². The van der Waals surface area contributed by atoms with E-state index < -0.39 is 18.1 Å². The zero-order valence-corrected chi connectivity index (χ0v) is 38.7. The Labute approximate surface area is 362 Å². The van der Waals surface area contributed by atoms with E-state index in [4.69, 9.17) is 14.2 Å². The molecule has 0 fully saturated rings. The highest BCUT2D eigenvalue weighted by Crippen LogP contribution is 2.14. The molecule has 0 heterocycles. The van der Waals surface area contributed by atoms with E-state index in [1.54, 1.807) is 0 Å². The molecule has 59 heavy (non-hydrogen) atoms. The predicted octanol–water partition coefficient (Wildman–Crippen LogP) is 13.4. The lowest BCUT2D eigenvalue weighted by molar-refractivity contribution is -0.887. The zero-order chi connectivity index (χ0) is 43.5. The number of hydrogen-bond donors (Lipinski definition) is 1. The molecular weight excluding hydrogens is 739 g/mol. The molecule has 0 aliphatic heterocycles. The predicted molar refractivity (Wildman–Crippen MR) is 247 cm³/mol. The maximum Gasteiger partial charge on any atom is 0.362 e. The molecule has 2 atom stereocenters. The van der Waals surface area contributed by atoms with Crippen LogP contribution in [0.25, 0.3) is 0 Å². The van der Waals surface area contributed by atoms with Crippen molar-refractivity contribution in [2.24, 2.45) is 0 Å². The van der Waals surface area contributed by atoms with Gasteiger partial charge in [-0.25, -0.2) is 4.79 Å². The van der Waals surface area contributed by atoms with Gasteiger partial charge >= 0.3 is 17.9 Å². The summed E-state index contributed by atoms with van der Waals surface area (Å²) in [4.78, 5) is 37.1. The standard InChI is InChI=1S/C51H89NO7/c1-6-8-10-12-14-16-18-20-22-24-25-26-28-30-32-34-36-38-40-42-50(54)59-47(45-57-44-43-48(51(55)56)52(3,4)5)46-58-49(53)41-39-37-35-33-31-29-27-23-21-19-17-15-13-11-9-7-2/h8,10,14,16,20,22-23,27,29,31,47-48H,6-7,9,11-13,15,17-19,21,24-26,28,30,32-46H2,1-5H3/p+1/b10-8+,16-14+,22-20+,27-23+,31-29+. The van der Waals surface area contributed by atoms with Gasteiger partial charge in [-0.05, 0) is 70.6 Å². The van der Waals surface area contributed by atoms with Gasteiger partial charge in [0.2, 0.25) is 0 Å². The minimum Gasteiger partial charge on any atom is -0.477 e. The van der Waals surface area contributed by atoms with Crippen LogP contribution in [0.4, 0.5) is 0 Å². The molecule has 8 heteroatoms. The lowest BCUT2D eigenvalue weighted by atomic mass is 10.1. The Morgan fingerprint density at radius 1 is 0.542 bits per heavy atom. The van der Waals surface area contributed by atoms with Crippen molar-refractivity contribution in [3.05, 3.63) is 60.8 Å². The van der Waals surface area contributed by atoms with E-state index in [0.717, 1.165) is 77.0 Å². The van der Waals surface area contributed by atoms with Gasteiger partial charge in [0, 0.05) is 19.3 Å². The lowest BCUT2D eigenvalue weighted by Gasteiger charge is -2.31. The van der Waals surface area contributed by atoms with Crippen LogP contribution >= 0.6 is 0 Å². The average Bonchev–Trinajstić information content (AvgIpc) is 3.19. The molecule has 0 spiro atoms. The fourth-order valence-corrected chi connectivity index (χ4v) is 6.74. The Balaban J connectivity index is 4.35. The highest BCUT2D eigenvalue weighted by Gasteiger charge is 2.31. The van der Waals surface area contributed by atoms with Crippen LogP contribution in [0.1, 0.15) is 194 Å². The van der Waals surface area contributed by atoms with Crippen LogP contribution in [0, 0.1) is 0 Å². The number of likely N-dealkylation sites (N-methyl/N-ethyl adjacent to an activating group) is 1. The van der Waals surface area contributed by atoms with Crippen molar-refractivity contribution in [2.75, 3.05) is 41.0 Å². The molecule has 0 amide bonds. The molecular formula is C51H90NO7+. The zero-order valence-electron chi connectivity index (χ0n) is 38.7. The number of carbonyl (C=O) groups is 3. The number of aliphatic carboxylic acids is 1. The van der Waals surface area contributed by atoms with Gasteiger partial charge < -0.3 is 23.8 Å². The van der Waals surface area contributed by atoms with E-state index >= 15 is 0 Å². The van der Waals surface area contributed by atoms with Crippen molar-refractivity contribution in [1.82, 2.24) is 0 Å². The molecule has 0 aromatic rings. The number of allylic oxidation sites excluding steroid dienone is 10. The Hall–Kier alpha value is -2.97. The van der Waals surface area contributed by atoms with E-state index in [-0.39, 0.29) is 36.2 Å². The number of unbranched alkanes of at least 4 members (excludes halogenated alkanes) is 19. The summed E-state index contributed by atoms with van der Waals surface area (Å²) in [6.45, 7) is 4.59. The highest BCUT2D eigenvalue weighted by atomic mass is 16.6. The number of ether oxygens (including phenoxy) is 3. The van der Waals surface area contributed by atoms with Crippen LogP contribution in [0.5, 0.6) is 0 Å². The third-order valence-electron chi connectivity index (χ3n) is 10.4. The number of nitrogens with zero attached hydrogens (tertiary/aromatic N) is 1. The van der Waals surface area contributed by atoms with E-state index in [1.165, 1.54) is 83.5 Å². The van der Waals surface area contributed by atoms with Gasteiger partial charge in [0.05, 0.1) is 34.4 Å².